The van der Waals surface area contributed by atoms with E-state index in [1.54, 1.807) is 0 Å². The number of aliphatic hydroxyl groups is 1. The van der Waals surface area contributed by atoms with Gasteiger partial charge in [0, 0.05) is 12.8 Å². The van der Waals surface area contributed by atoms with E-state index >= 15 is 0 Å². The van der Waals surface area contributed by atoms with E-state index in [1.807, 2.05) is 37.4 Å². The van der Waals surface area contributed by atoms with Crippen molar-refractivity contribution in [3.63, 3.8) is 0 Å². The van der Waals surface area contributed by atoms with Crippen LogP contribution < -0.4 is 0 Å². The van der Waals surface area contributed by atoms with Crippen LogP contribution in [0.3, 0.4) is 0 Å². The van der Waals surface area contributed by atoms with Gasteiger partial charge in [0.05, 0.1) is 19.2 Å². The Morgan fingerprint density at radius 1 is 1.40 bits per heavy atom. The highest BCUT2D eigenvalue weighted by atomic mass is 16.4. The smallest absolute Gasteiger partial charge is 0.303 e. The number of β-amino-alcohol motifs (C(OH)–C–C–N with tert-alkyl or cyclic N) is 1. The average Bonchev–Trinajstić information content (AvgIpc) is 2.74. The number of carbonyl (C=O) groups is 1. The van der Waals surface area contributed by atoms with E-state index in [2.05, 4.69) is 9.48 Å². The molecule has 0 aliphatic carbocycles. The van der Waals surface area contributed by atoms with Crippen molar-refractivity contribution in [2.24, 2.45) is 0 Å². The monoisotopic (exact) mass is 277 g/mol. The van der Waals surface area contributed by atoms with Gasteiger partial charge in [0.2, 0.25) is 0 Å². The van der Waals surface area contributed by atoms with Gasteiger partial charge in [-0.05, 0) is 12.1 Å². The van der Waals surface area contributed by atoms with Gasteiger partial charge < -0.3 is 10.2 Å². The van der Waals surface area contributed by atoms with Gasteiger partial charge in [0.1, 0.15) is 19.1 Å². The highest BCUT2D eigenvalue weighted by molar-refractivity contribution is 5.95. The zero-order chi connectivity index (χ0) is 14.5. The van der Waals surface area contributed by atoms with Crippen LogP contribution in [0.5, 0.6) is 0 Å². The van der Waals surface area contributed by atoms with Crippen LogP contribution in [0.25, 0.3) is 0 Å². The zero-order valence-corrected chi connectivity index (χ0v) is 11.7. The maximum absolute atomic E-state index is 10.7. The van der Waals surface area contributed by atoms with E-state index in [0.717, 1.165) is 17.9 Å². The third kappa shape index (κ3) is 3.17. The summed E-state index contributed by atoms with van der Waals surface area (Å²) in [4.78, 5) is 12.9. The summed E-state index contributed by atoms with van der Waals surface area (Å²) in [6.07, 6.45) is 0.786. The molecule has 108 valence electrons. The van der Waals surface area contributed by atoms with Crippen LogP contribution in [-0.4, -0.2) is 64.3 Å². The van der Waals surface area contributed by atoms with E-state index in [1.165, 1.54) is 0 Å². The van der Waals surface area contributed by atoms with Crippen molar-refractivity contribution in [1.29, 1.82) is 0 Å². The van der Waals surface area contributed by atoms with Crippen LogP contribution in [0.1, 0.15) is 18.4 Å². The molecule has 2 rings (SSSR count). The molecule has 2 N–H and O–H groups in total. The van der Waals surface area contributed by atoms with Gasteiger partial charge in [-0.3, -0.25) is 14.3 Å². The van der Waals surface area contributed by atoms with Gasteiger partial charge in [-0.1, -0.05) is 18.2 Å². The molecule has 1 atom stereocenters. The van der Waals surface area contributed by atoms with Crippen LogP contribution in [0.4, 0.5) is 0 Å². The molecule has 0 saturated heterocycles. The Hall–Kier alpha value is -1.88. The normalized spacial score (nSPS) is 18.7. The third-order valence-electron chi connectivity index (χ3n) is 3.71. The third-order valence-corrected chi connectivity index (χ3v) is 3.71. The molecule has 1 aliphatic rings. The number of hydrogen-bond acceptors (Lipinski definition) is 3. The number of aliphatic carboxylic acids is 1. The summed E-state index contributed by atoms with van der Waals surface area (Å²) in [6, 6.07) is 10.2. The summed E-state index contributed by atoms with van der Waals surface area (Å²) in [6.45, 7) is 1.42. The first-order valence-corrected chi connectivity index (χ1v) is 6.86. The van der Waals surface area contributed by atoms with E-state index < -0.39 is 5.97 Å². The molecule has 5 heteroatoms. The topological polar surface area (TPSA) is 63.8 Å². The first-order chi connectivity index (χ1) is 9.63. The summed E-state index contributed by atoms with van der Waals surface area (Å²) in [5, 5.41) is 18.0. The van der Waals surface area contributed by atoms with Gasteiger partial charge in [0.25, 0.3) is 5.84 Å². The van der Waals surface area contributed by atoms with Crippen molar-refractivity contribution >= 4 is 11.8 Å². The lowest BCUT2D eigenvalue weighted by atomic mass is 10.1. The van der Waals surface area contributed by atoms with Crippen molar-refractivity contribution in [3.05, 3.63) is 35.9 Å². The largest absolute Gasteiger partial charge is 0.481 e. The predicted molar refractivity (Wildman–Crippen MR) is 76.1 cm³/mol. The Kier molecular flexibility index (Phi) is 4.74. The molecule has 1 aromatic carbocycles. The molecule has 0 amide bonds. The SMILES string of the molecule is CN1C(c2ccccc2)=[N+](CCO)CC1CCC(=O)O. The van der Waals surface area contributed by atoms with Crippen LogP contribution in [0.2, 0.25) is 0 Å². The number of aliphatic hydroxyl groups excluding tert-OH is 1. The van der Waals surface area contributed by atoms with Crippen molar-refractivity contribution in [3.8, 4) is 0 Å². The molecule has 1 heterocycles. The predicted octanol–water partition coefficient (Wildman–Crippen LogP) is 0.617. The second-order valence-electron chi connectivity index (χ2n) is 5.06. The quantitative estimate of drug-likeness (QED) is 0.748. The molecule has 1 aliphatic heterocycles. The van der Waals surface area contributed by atoms with Gasteiger partial charge in [-0.2, -0.15) is 0 Å². The number of benzene rings is 1. The molecule has 1 aromatic rings. The second-order valence-corrected chi connectivity index (χ2v) is 5.06. The summed E-state index contributed by atoms with van der Waals surface area (Å²) in [7, 11) is 1.99. The Morgan fingerprint density at radius 2 is 2.10 bits per heavy atom. The maximum atomic E-state index is 10.7. The number of carboxylic acids is 1. The highest BCUT2D eigenvalue weighted by Gasteiger charge is 2.37. The van der Waals surface area contributed by atoms with Crippen LogP contribution in [0, 0.1) is 0 Å². The molecule has 0 bridgehead atoms. The number of amidine groups is 1. The zero-order valence-electron chi connectivity index (χ0n) is 11.7. The fraction of sp³-hybridized carbons (Fsp3) is 0.467. The lowest BCUT2D eigenvalue weighted by molar-refractivity contribution is -0.523. The maximum Gasteiger partial charge on any atom is 0.303 e. The lowest BCUT2D eigenvalue weighted by Gasteiger charge is -2.15. The number of carboxylic acid groups (broad SMARTS) is 1. The fourth-order valence-electron chi connectivity index (χ4n) is 2.73. The number of likely N-dealkylation sites (N-methyl/N-ethyl adjacent to an activating group) is 1. The van der Waals surface area contributed by atoms with E-state index in [9.17, 15) is 9.90 Å². The second kappa shape index (κ2) is 6.52. The van der Waals surface area contributed by atoms with Crippen LogP contribution >= 0.6 is 0 Å². The standard InChI is InChI=1S/C15H20N2O3/c1-16-13(7-8-14(19)20)11-17(9-10-18)15(16)12-5-3-2-4-6-12/h2-6,13,18H,7-11H2,1H3/p+1. The van der Waals surface area contributed by atoms with E-state index in [0.29, 0.717) is 13.0 Å². The minimum absolute atomic E-state index is 0.0931. The summed E-state index contributed by atoms with van der Waals surface area (Å²) < 4.78 is 2.13. The Bertz CT molecular complexity index is 499. The molecular formula is C15H21N2O3+. The molecule has 0 fully saturated rings. The summed E-state index contributed by atoms with van der Waals surface area (Å²) in [5.41, 5.74) is 1.10. The molecule has 1 unspecified atom stereocenters. The first kappa shape index (κ1) is 14.5. The van der Waals surface area contributed by atoms with Gasteiger partial charge in [-0.25, -0.2) is 0 Å². The summed E-state index contributed by atoms with van der Waals surface area (Å²) >= 11 is 0. The van der Waals surface area contributed by atoms with Crippen LogP contribution in [0.15, 0.2) is 30.3 Å². The fourth-order valence-corrected chi connectivity index (χ4v) is 2.73. The Morgan fingerprint density at radius 3 is 2.70 bits per heavy atom. The molecule has 20 heavy (non-hydrogen) atoms. The van der Waals surface area contributed by atoms with Crippen molar-refractivity contribution in [2.75, 3.05) is 26.7 Å². The first-order valence-electron chi connectivity index (χ1n) is 6.86. The van der Waals surface area contributed by atoms with Gasteiger partial charge in [-0.15, -0.1) is 0 Å². The molecule has 0 radical (unpaired) electrons. The molecule has 0 spiro atoms. The average molecular weight is 277 g/mol. The summed E-state index contributed by atoms with van der Waals surface area (Å²) in [5.74, 6) is 0.301. The van der Waals surface area contributed by atoms with Crippen molar-refractivity contribution in [1.82, 2.24) is 4.90 Å². The minimum Gasteiger partial charge on any atom is -0.481 e. The molecule has 0 saturated carbocycles. The number of rotatable bonds is 6. The Labute approximate surface area is 118 Å². The van der Waals surface area contributed by atoms with E-state index in [-0.39, 0.29) is 19.1 Å². The van der Waals surface area contributed by atoms with Crippen molar-refractivity contribution in [2.45, 2.75) is 18.9 Å². The molecular weight excluding hydrogens is 256 g/mol. The van der Waals surface area contributed by atoms with Gasteiger partial charge in [0.15, 0.2) is 0 Å². The highest BCUT2D eigenvalue weighted by Crippen LogP contribution is 2.18. The lowest BCUT2D eigenvalue weighted by Crippen LogP contribution is -2.33. The van der Waals surface area contributed by atoms with E-state index in [4.69, 9.17) is 5.11 Å². The number of hydrogen-bond donors (Lipinski definition) is 2. The van der Waals surface area contributed by atoms with Gasteiger partial charge >= 0.3 is 5.97 Å². The van der Waals surface area contributed by atoms with Crippen molar-refractivity contribution < 1.29 is 19.6 Å². The van der Waals surface area contributed by atoms with Crippen LogP contribution in [-0.2, 0) is 4.79 Å². The molecule has 0 aromatic heterocycles. The molecule has 5 nitrogen and oxygen atoms in total. The Balaban J connectivity index is 2.21. The minimum atomic E-state index is -0.764. The number of nitrogens with zero attached hydrogens (tertiary/aromatic N) is 2.